The summed E-state index contributed by atoms with van der Waals surface area (Å²) in [7, 11) is -2.94. The monoisotopic (exact) mass is 282 g/mol. The Morgan fingerprint density at radius 1 is 1.32 bits per heavy atom. The predicted molar refractivity (Wildman–Crippen MR) is 79.3 cm³/mol. The molecular formula is C14H22N2O2S. The smallest absolute Gasteiger partial charge is 0.149 e. The number of fused-ring (bicyclic) bond motifs is 1. The van der Waals surface area contributed by atoms with Gasteiger partial charge in [0.25, 0.3) is 0 Å². The predicted octanol–water partition coefficient (Wildman–Crippen LogP) is 1.42. The van der Waals surface area contributed by atoms with E-state index in [-0.39, 0.29) is 11.3 Å². The summed E-state index contributed by atoms with van der Waals surface area (Å²) in [5.74, 6) is 0.192. The van der Waals surface area contributed by atoms with Crippen LogP contribution in [0, 0.1) is 0 Å². The molecule has 0 fully saturated rings. The van der Waals surface area contributed by atoms with Crippen LogP contribution in [0.5, 0.6) is 0 Å². The maximum absolute atomic E-state index is 11.4. The molecule has 0 aromatic heterocycles. The highest BCUT2D eigenvalue weighted by Crippen LogP contribution is 2.26. The first kappa shape index (κ1) is 14.3. The van der Waals surface area contributed by atoms with Crippen LogP contribution in [0.25, 0.3) is 0 Å². The summed E-state index contributed by atoms with van der Waals surface area (Å²) in [6, 6.07) is 8.19. The maximum Gasteiger partial charge on any atom is 0.149 e. The zero-order valence-electron chi connectivity index (χ0n) is 11.8. The van der Waals surface area contributed by atoms with Gasteiger partial charge in [-0.1, -0.05) is 18.2 Å². The summed E-state index contributed by atoms with van der Waals surface area (Å²) < 4.78 is 22.8. The lowest BCUT2D eigenvalue weighted by Gasteiger charge is -2.32. The van der Waals surface area contributed by atoms with Gasteiger partial charge >= 0.3 is 0 Å². The lowest BCUT2D eigenvalue weighted by Crippen LogP contribution is -2.47. The number of hydrogen-bond donors (Lipinski definition) is 1. The van der Waals surface area contributed by atoms with Crippen LogP contribution in [0.15, 0.2) is 24.3 Å². The van der Waals surface area contributed by atoms with Crippen molar-refractivity contribution >= 4 is 15.5 Å². The normalized spacial score (nSPS) is 18.8. The lowest BCUT2D eigenvalue weighted by atomic mass is 10.1. The van der Waals surface area contributed by atoms with E-state index in [0.29, 0.717) is 6.54 Å². The molecule has 106 valence electrons. The number of rotatable bonds is 3. The number of nitrogens with one attached hydrogen (secondary N) is 1. The molecule has 0 radical (unpaired) electrons. The summed E-state index contributed by atoms with van der Waals surface area (Å²) in [6.45, 7) is 6.46. The second-order valence-corrected chi connectivity index (χ2v) is 8.18. The van der Waals surface area contributed by atoms with Gasteiger partial charge in [-0.2, -0.15) is 0 Å². The molecule has 0 amide bonds. The first-order valence-electron chi connectivity index (χ1n) is 6.52. The third kappa shape index (κ3) is 3.94. The van der Waals surface area contributed by atoms with E-state index in [4.69, 9.17) is 0 Å². The Hall–Kier alpha value is -1.07. The number of para-hydroxylation sites is 1. The summed E-state index contributed by atoms with van der Waals surface area (Å²) >= 11 is 0. The van der Waals surface area contributed by atoms with Crippen molar-refractivity contribution in [2.75, 3.05) is 30.0 Å². The van der Waals surface area contributed by atoms with E-state index in [9.17, 15) is 8.42 Å². The van der Waals surface area contributed by atoms with Crippen LogP contribution in [-0.4, -0.2) is 39.1 Å². The molecule has 1 heterocycles. The lowest BCUT2D eigenvalue weighted by molar-refractivity contribution is 0.397. The van der Waals surface area contributed by atoms with Gasteiger partial charge in [0.15, 0.2) is 0 Å². The quantitative estimate of drug-likeness (QED) is 0.911. The topological polar surface area (TPSA) is 49.4 Å². The maximum atomic E-state index is 11.4. The minimum Gasteiger partial charge on any atom is -0.368 e. The standard InChI is InChI=1S/C14H22N2O2S/c1-14(2)11-16(8-9-19(3,17)18)13-7-5-4-6-12(13)10-15-14/h4-7,15H,8-11H2,1-3H3. The zero-order valence-corrected chi connectivity index (χ0v) is 12.6. The molecular weight excluding hydrogens is 260 g/mol. The summed E-state index contributed by atoms with van der Waals surface area (Å²) in [5, 5.41) is 3.51. The van der Waals surface area contributed by atoms with E-state index >= 15 is 0 Å². The molecule has 4 nitrogen and oxygen atoms in total. The fraction of sp³-hybridized carbons (Fsp3) is 0.571. The van der Waals surface area contributed by atoms with Crippen molar-refractivity contribution in [3.63, 3.8) is 0 Å². The molecule has 19 heavy (non-hydrogen) atoms. The number of benzene rings is 1. The number of hydrogen-bond acceptors (Lipinski definition) is 4. The van der Waals surface area contributed by atoms with Crippen LogP contribution < -0.4 is 10.2 Å². The van der Waals surface area contributed by atoms with E-state index in [1.807, 2.05) is 12.1 Å². The second kappa shape index (κ2) is 5.13. The zero-order chi connectivity index (χ0) is 14.1. The van der Waals surface area contributed by atoms with Crippen LogP contribution in [0.1, 0.15) is 19.4 Å². The van der Waals surface area contributed by atoms with Crippen LogP contribution in [0.4, 0.5) is 5.69 Å². The van der Waals surface area contributed by atoms with Gasteiger partial charge in [-0.3, -0.25) is 0 Å². The van der Waals surface area contributed by atoms with E-state index < -0.39 is 9.84 Å². The Labute approximate surface area is 115 Å². The molecule has 0 saturated carbocycles. The summed E-state index contributed by atoms with van der Waals surface area (Å²) in [6.07, 6.45) is 1.29. The molecule has 0 spiro atoms. The van der Waals surface area contributed by atoms with Crippen LogP contribution in [0.3, 0.4) is 0 Å². The Bertz CT molecular complexity index is 552. The fourth-order valence-corrected chi connectivity index (χ4v) is 2.95. The molecule has 2 rings (SSSR count). The van der Waals surface area contributed by atoms with Gasteiger partial charge in [-0.25, -0.2) is 8.42 Å². The molecule has 1 aromatic carbocycles. The van der Waals surface area contributed by atoms with Crippen molar-refractivity contribution in [3.8, 4) is 0 Å². The van der Waals surface area contributed by atoms with Crippen LogP contribution >= 0.6 is 0 Å². The van der Waals surface area contributed by atoms with Crippen molar-refractivity contribution in [1.82, 2.24) is 5.32 Å². The number of nitrogens with zero attached hydrogens (tertiary/aromatic N) is 1. The molecule has 0 bridgehead atoms. The number of anilines is 1. The minimum atomic E-state index is -2.94. The fourth-order valence-electron chi connectivity index (χ4n) is 2.40. The molecule has 1 N–H and O–H groups in total. The Balaban J connectivity index is 2.27. The Kier molecular flexibility index (Phi) is 3.87. The number of sulfone groups is 1. The first-order chi connectivity index (χ1) is 8.77. The van der Waals surface area contributed by atoms with E-state index in [0.717, 1.165) is 18.8 Å². The highest BCUT2D eigenvalue weighted by Gasteiger charge is 2.26. The largest absolute Gasteiger partial charge is 0.368 e. The van der Waals surface area contributed by atoms with Crippen LogP contribution in [-0.2, 0) is 16.4 Å². The van der Waals surface area contributed by atoms with Crippen LogP contribution in [0.2, 0.25) is 0 Å². The third-order valence-corrected chi connectivity index (χ3v) is 4.33. The van der Waals surface area contributed by atoms with Gasteiger partial charge in [0, 0.05) is 37.1 Å². The molecule has 0 atom stereocenters. The van der Waals surface area contributed by atoms with Gasteiger partial charge in [-0.15, -0.1) is 0 Å². The van der Waals surface area contributed by atoms with Crippen molar-refractivity contribution in [1.29, 1.82) is 0 Å². The second-order valence-electron chi connectivity index (χ2n) is 5.92. The van der Waals surface area contributed by atoms with Crippen molar-refractivity contribution in [2.45, 2.75) is 25.9 Å². The summed E-state index contributed by atoms with van der Waals surface area (Å²) in [5.41, 5.74) is 2.34. The third-order valence-electron chi connectivity index (χ3n) is 3.41. The molecule has 1 aliphatic heterocycles. The summed E-state index contributed by atoms with van der Waals surface area (Å²) in [4.78, 5) is 2.18. The highest BCUT2D eigenvalue weighted by atomic mass is 32.2. The molecule has 0 unspecified atom stereocenters. The molecule has 1 aromatic rings. The molecule has 1 aliphatic rings. The van der Waals surface area contributed by atoms with Gasteiger partial charge in [0.1, 0.15) is 9.84 Å². The van der Waals surface area contributed by atoms with E-state index in [1.165, 1.54) is 11.8 Å². The van der Waals surface area contributed by atoms with E-state index in [1.54, 1.807) is 0 Å². The highest BCUT2D eigenvalue weighted by molar-refractivity contribution is 7.90. The van der Waals surface area contributed by atoms with Crippen molar-refractivity contribution in [3.05, 3.63) is 29.8 Å². The minimum absolute atomic E-state index is 0.0312. The molecule has 5 heteroatoms. The van der Waals surface area contributed by atoms with Gasteiger partial charge in [0.05, 0.1) is 5.75 Å². The Morgan fingerprint density at radius 2 is 2.00 bits per heavy atom. The average Bonchev–Trinajstić information content (AvgIpc) is 2.43. The molecule has 0 saturated heterocycles. The molecule has 0 aliphatic carbocycles. The van der Waals surface area contributed by atoms with Gasteiger partial charge < -0.3 is 10.2 Å². The Morgan fingerprint density at radius 3 is 2.68 bits per heavy atom. The average molecular weight is 282 g/mol. The first-order valence-corrected chi connectivity index (χ1v) is 8.58. The SMILES string of the molecule is CC1(C)CN(CCS(C)(=O)=O)c2ccccc2CN1. The van der Waals surface area contributed by atoms with Crippen molar-refractivity contribution in [2.24, 2.45) is 0 Å². The van der Waals surface area contributed by atoms with E-state index in [2.05, 4.69) is 36.2 Å². The van der Waals surface area contributed by atoms with Crippen molar-refractivity contribution < 1.29 is 8.42 Å². The van der Waals surface area contributed by atoms with Gasteiger partial charge in [0.2, 0.25) is 0 Å². The van der Waals surface area contributed by atoms with Gasteiger partial charge in [-0.05, 0) is 25.5 Å².